The number of hydrogen-bond donors (Lipinski definition) is 3. The molecule has 3 rings (SSSR count). The summed E-state index contributed by atoms with van der Waals surface area (Å²) in [6.07, 6.45) is 0.108. The molecule has 1 aliphatic rings. The normalized spacial score (nSPS) is 16.2. The zero-order chi connectivity index (χ0) is 22.0. The van der Waals surface area contributed by atoms with Gasteiger partial charge in [0.2, 0.25) is 5.91 Å². The summed E-state index contributed by atoms with van der Waals surface area (Å²) in [6, 6.07) is 4.17. The van der Waals surface area contributed by atoms with E-state index < -0.39 is 53.2 Å². The van der Waals surface area contributed by atoms with Crippen LogP contribution in [0, 0.1) is 17.6 Å². The highest BCUT2D eigenvalue weighted by Gasteiger charge is 2.43. The fraction of sp³-hybridized carbons (Fsp3) is 0.300. The number of halogens is 2. The number of fused-ring (bicyclic) bond motifs is 1. The molecule has 30 heavy (non-hydrogen) atoms. The van der Waals surface area contributed by atoms with Gasteiger partial charge in [0.15, 0.2) is 0 Å². The molecule has 2 aromatic rings. The standard InChI is InChI=1S/C20H20F2N4O4/c1-10(2)15(25-20(29)30)19(28)26-14(9-11-5-4-8-23-17(11)26)18(27)24-16-12(21)6-3-7-13(16)22/h3-8,10,14-15,25H,9H2,1-2H3,(H,24,27)(H,29,30)/t14-,15+/m0/s1. The van der Waals surface area contributed by atoms with Gasteiger partial charge in [-0.2, -0.15) is 0 Å². The van der Waals surface area contributed by atoms with Gasteiger partial charge in [0.1, 0.15) is 35.2 Å². The second-order valence-corrected chi connectivity index (χ2v) is 7.17. The molecule has 0 bridgehead atoms. The largest absolute Gasteiger partial charge is 0.465 e. The molecule has 158 valence electrons. The van der Waals surface area contributed by atoms with Crippen LogP contribution in [0.25, 0.3) is 0 Å². The third-order valence-electron chi connectivity index (χ3n) is 4.78. The number of carboxylic acid groups (broad SMARTS) is 1. The van der Waals surface area contributed by atoms with Gasteiger partial charge in [-0.05, 0) is 29.7 Å². The van der Waals surface area contributed by atoms with Crippen LogP contribution in [0.5, 0.6) is 0 Å². The predicted molar refractivity (Wildman–Crippen MR) is 104 cm³/mol. The Hall–Kier alpha value is -3.56. The summed E-state index contributed by atoms with van der Waals surface area (Å²) in [7, 11) is 0. The highest BCUT2D eigenvalue weighted by molar-refractivity contribution is 6.08. The van der Waals surface area contributed by atoms with Gasteiger partial charge >= 0.3 is 6.09 Å². The summed E-state index contributed by atoms with van der Waals surface area (Å²) < 4.78 is 27.9. The zero-order valence-electron chi connectivity index (χ0n) is 16.2. The van der Waals surface area contributed by atoms with Crippen LogP contribution in [0.2, 0.25) is 0 Å². The van der Waals surface area contributed by atoms with Crippen LogP contribution in [-0.4, -0.2) is 40.1 Å². The van der Waals surface area contributed by atoms with E-state index in [1.54, 1.807) is 26.0 Å². The second-order valence-electron chi connectivity index (χ2n) is 7.17. The molecule has 0 fully saturated rings. The van der Waals surface area contributed by atoms with Crippen molar-refractivity contribution >= 4 is 29.4 Å². The lowest BCUT2D eigenvalue weighted by Crippen LogP contribution is -2.55. The van der Waals surface area contributed by atoms with Crippen LogP contribution in [0.1, 0.15) is 19.4 Å². The maximum atomic E-state index is 14.0. The first kappa shape index (κ1) is 21.2. The Morgan fingerprint density at radius 3 is 2.43 bits per heavy atom. The van der Waals surface area contributed by atoms with Crippen molar-refractivity contribution in [3.05, 3.63) is 53.7 Å². The Kier molecular flexibility index (Phi) is 5.95. The van der Waals surface area contributed by atoms with E-state index in [0.717, 1.165) is 23.1 Å². The maximum absolute atomic E-state index is 14.0. The van der Waals surface area contributed by atoms with Gasteiger partial charge in [0.05, 0.1) is 0 Å². The van der Waals surface area contributed by atoms with Gasteiger partial charge in [0, 0.05) is 12.6 Å². The molecular weight excluding hydrogens is 398 g/mol. The number of para-hydroxylation sites is 1. The van der Waals surface area contributed by atoms with Gasteiger partial charge in [-0.15, -0.1) is 0 Å². The Morgan fingerprint density at radius 2 is 1.83 bits per heavy atom. The van der Waals surface area contributed by atoms with E-state index in [4.69, 9.17) is 5.11 Å². The Morgan fingerprint density at radius 1 is 1.17 bits per heavy atom. The average molecular weight is 418 g/mol. The quantitative estimate of drug-likeness (QED) is 0.691. The van der Waals surface area contributed by atoms with E-state index in [1.165, 1.54) is 6.20 Å². The molecule has 10 heteroatoms. The third kappa shape index (κ3) is 4.07. The Balaban J connectivity index is 1.96. The molecule has 0 aliphatic carbocycles. The fourth-order valence-electron chi connectivity index (χ4n) is 3.34. The highest BCUT2D eigenvalue weighted by Crippen LogP contribution is 2.32. The monoisotopic (exact) mass is 418 g/mol. The molecular formula is C20H20F2N4O4. The number of amides is 3. The number of rotatable bonds is 5. The van der Waals surface area contributed by atoms with Crippen molar-refractivity contribution in [3.63, 3.8) is 0 Å². The highest BCUT2D eigenvalue weighted by atomic mass is 19.1. The van der Waals surface area contributed by atoms with Crippen LogP contribution in [0.4, 0.5) is 25.1 Å². The second kappa shape index (κ2) is 8.44. The van der Waals surface area contributed by atoms with Gasteiger partial charge in [-0.1, -0.05) is 26.0 Å². The lowest BCUT2D eigenvalue weighted by Gasteiger charge is -2.29. The van der Waals surface area contributed by atoms with E-state index in [0.29, 0.717) is 5.56 Å². The lowest BCUT2D eigenvalue weighted by atomic mass is 10.0. The van der Waals surface area contributed by atoms with Gasteiger partial charge in [-0.3, -0.25) is 14.5 Å². The Bertz CT molecular complexity index is 978. The summed E-state index contributed by atoms with van der Waals surface area (Å²) in [5.74, 6) is -3.63. The predicted octanol–water partition coefficient (Wildman–Crippen LogP) is 2.55. The van der Waals surface area contributed by atoms with Crippen molar-refractivity contribution in [3.8, 4) is 0 Å². The minimum absolute atomic E-state index is 0.0642. The molecule has 0 saturated carbocycles. The van der Waals surface area contributed by atoms with Gasteiger partial charge in [-0.25, -0.2) is 18.6 Å². The number of benzene rings is 1. The van der Waals surface area contributed by atoms with Crippen molar-refractivity contribution in [1.29, 1.82) is 0 Å². The first-order valence-electron chi connectivity index (χ1n) is 9.22. The number of pyridine rings is 1. The molecule has 1 aliphatic heterocycles. The van der Waals surface area contributed by atoms with Crippen LogP contribution in [0.3, 0.4) is 0 Å². The van der Waals surface area contributed by atoms with Crippen LogP contribution in [0.15, 0.2) is 36.5 Å². The number of carbonyl (C=O) groups excluding carboxylic acids is 2. The molecule has 0 unspecified atom stereocenters. The minimum Gasteiger partial charge on any atom is -0.465 e. The number of anilines is 2. The average Bonchev–Trinajstić information content (AvgIpc) is 3.08. The molecule has 0 radical (unpaired) electrons. The van der Waals surface area contributed by atoms with E-state index in [2.05, 4.69) is 15.6 Å². The van der Waals surface area contributed by atoms with Crippen molar-refractivity contribution in [2.45, 2.75) is 32.4 Å². The van der Waals surface area contributed by atoms with Crippen LogP contribution < -0.4 is 15.5 Å². The number of carbonyl (C=O) groups is 3. The first-order valence-corrected chi connectivity index (χ1v) is 9.22. The fourth-order valence-corrected chi connectivity index (χ4v) is 3.34. The zero-order valence-corrected chi connectivity index (χ0v) is 16.2. The van der Waals surface area contributed by atoms with E-state index in [9.17, 15) is 23.2 Å². The maximum Gasteiger partial charge on any atom is 0.405 e. The van der Waals surface area contributed by atoms with Crippen molar-refractivity contribution in [2.24, 2.45) is 5.92 Å². The third-order valence-corrected chi connectivity index (χ3v) is 4.78. The van der Waals surface area contributed by atoms with E-state index >= 15 is 0 Å². The van der Waals surface area contributed by atoms with Crippen molar-refractivity contribution in [2.75, 3.05) is 10.2 Å². The van der Waals surface area contributed by atoms with Crippen LogP contribution >= 0.6 is 0 Å². The number of aromatic nitrogens is 1. The summed E-state index contributed by atoms with van der Waals surface area (Å²) in [4.78, 5) is 42.5. The molecule has 3 N–H and O–H groups in total. The topological polar surface area (TPSA) is 112 Å². The van der Waals surface area contributed by atoms with Crippen molar-refractivity contribution < 1.29 is 28.3 Å². The van der Waals surface area contributed by atoms with E-state index in [-0.39, 0.29) is 12.2 Å². The molecule has 0 spiro atoms. The van der Waals surface area contributed by atoms with Crippen LogP contribution in [-0.2, 0) is 16.0 Å². The molecule has 2 atom stereocenters. The molecule has 2 heterocycles. The molecule has 3 amide bonds. The summed E-state index contributed by atoms with van der Waals surface area (Å²) in [5.41, 5.74) is -0.0410. The smallest absolute Gasteiger partial charge is 0.405 e. The summed E-state index contributed by atoms with van der Waals surface area (Å²) in [5, 5.41) is 13.5. The van der Waals surface area contributed by atoms with Gasteiger partial charge < -0.3 is 15.7 Å². The summed E-state index contributed by atoms with van der Waals surface area (Å²) in [6.45, 7) is 3.30. The molecule has 8 nitrogen and oxygen atoms in total. The first-order chi connectivity index (χ1) is 14.2. The number of nitrogens with one attached hydrogen (secondary N) is 2. The SMILES string of the molecule is CC(C)[C@@H](NC(=O)O)C(=O)N1c2ncccc2C[C@H]1C(=O)Nc1c(F)cccc1F. The molecule has 1 aromatic carbocycles. The van der Waals surface area contributed by atoms with E-state index in [1.807, 2.05) is 0 Å². The number of hydrogen-bond acceptors (Lipinski definition) is 4. The summed E-state index contributed by atoms with van der Waals surface area (Å²) >= 11 is 0. The Labute approximate surface area is 170 Å². The van der Waals surface area contributed by atoms with Crippen molar-refractivity contribution in [1.82, 2.24) is 10.3 Å². The van der Waals surface area contributed by atoms with Gasteiger partial charge in [0.25, 0.3) is 5.91 Å². The molecule has 1 aromatic heterocycles. The minimum atomic E-state index is -1.39. The molecule has 0 saturated heterocycles. The number of nitrogens with zero attached hydrogens (tertiary/aromatic N) is 2. The lowest BCUT2D eigenvalue weighted by molar-refractivity contribution is -0.125.